The Morgan fingerprint density at radius 1 is 1.06 bits per heavy atom. The number of rotatable bonds is 1. The summed E-state index contributed by atoms with van der Waals surface area (Å²) in [6.07, 6.45) is 0.987. The second kappa shape index (κ2) is 3.35. The van der Waals surface area contributed by atoms with Gasteiger partial charge in [0.2, 0.25) is 0 Å². The molecule has 0 aliphatic heterocycles. The molecular formula is C16H21N. The van der Waals surface area contributed by atoms with Gasteiger partial charge < -0.3 is 0 Å². The van der Waals surface area contributed by atoms with Crippen molar-refractivity contribution in [1.82, 2.24) is 0 Å². The molecule has 1 atom stereocenters. The normalized spacial score (nSPS) is 25.5. The van der Waals surface area contributed by atoms with Crippen LogP contribution in [0.25, 0.3) is 0 Å². The summed E-state index contributed by atoms with van der Waals surface area (Å²) in [4.78, 5) is 0. The molecule has 0 N–H and O–H groups in total. The molecule has 0 saturated heterocycles. The van der Waals surface area contributed by atoms with Crippen LogP contribution in [-0.4, -0.2) is 0 Å². The van der Waals surface area contributed by atoms with Crippen LogP contribution in [0.15, 0.2) is 6.07 Å². The smallest absolute Gasteiger partial charge is 0.0884 e. The van der Waals surface area contributed by atoms with E-state index in [9.17, 15) is 5.26 Å². The maximum absolute atomic E-state index is 9.63. The predicted octanol–water partition coefficient (Wildman–Crippen LogP) is 4.11. The Balaban J connectivity index is 2.74. The SMILES string of the molecule is Cc1cc(C)c(C)c(C2(C#N)CC2(C)C)c1C. The molecule has 0 heterocycles. The maximum atomic E-state index is 9.63. The van der Waals surface area contributed by atoms with Gasteiger partial charge in [-0.1, -0.05) is 19.9 Å². The number of aryl methyl sites for hydroxylation is 2. The first-order chi connectivity index (χ1) is 7.77. The fraction of sp³-hybridized carbons (Fsp3) is 0.562. The van der Waals surface area contributed by atoms with E-state index in [4.69, 9.17) is 0 Å². The Hall–Kier alpha value is -1.29. The van der Waals surface area contributed by atoms with Gasteiger partial charge in [0, 0.05) is 0 Å². The zero-order chi connectivity index (χ0) is 13.0. The number of nitrogens with zero attached hydrogens (tertiary/aromatic N) is 1. The van der Waals surface area contributed by atoms with Crippen molar-refractivity contribution in [2.24, 2.45) is 5.41 Å². The highest BCUT2D eigenvalue weighted by molar-refractivity contribution is 5.56. The van der Waals surface area contributed by atoms with Crippen LogP contribution in [0, 0.1) is 44.4 Å². The van der Waals surface area contributed by atoms with Crippen molar-refractivity contribution in [2.45, 2.75) is 53.4 Å². The quantitative estimate of drug-likeness (QED) is 0.708. The van der Waals surface area contributed by atoms with Crippen molar-refractivity contribution < 1.29 is 0 Å². The van der Waals surface area contributed by atoms with Gasteiger partial charge in [0.1, 0.15) is 0 Å². The van der Waals surface area contributed by atoms with Crippen LogP contribution in [-0.2, 0) is 5.41 Å². The summed E-state index contributed by atoms with van der Waals surface area (Å²) in [7, 11) is 0. The van der Waals surface area contributed by atoms with Crippen LogP contribution in [0.2, 0.25) is 0 Å². The summed E-state index contributed by atoms with van der Waals surface area (Å²) < 4.78 is 0. The van der Waals surface area contributed by atoms with Crippen LogP contribution in [0.5, 0.6) is 0 Å². The number of hydrogen-bond acceptors (Lipinski definition) is 1. The van der Waals surface area contributed by atoms with Crippen LogP contribution in [0.3, 0.4) is 0 Å². The van der Waals surface area contributed by atoms with Gasteiger partial charge in [0.25, 0.3) is 0 Å². The van der Waals surface area contributed by atoms with E-state index in [2.05, 4.69) is 53.7 Å². The van der Waals surface area contributed by atoms with E-state index >= 15 is 0 Å². The molecule has 17 heavy (non-hydrogen) atoms. The van der Waals surface area contributed by atoms with Crippen molar-refractivity contribution in [3.05, 3.63) is 33.9 Å². The molecule has 0 spiro atoms. The molecule has 1 fully saturated rings. The lowest BCUT2D eigenvalue weighted by Gasteiger charge is -2.21. The third-order valence-electron chi connectivity index (χ3n) is 4.72. The Morgan fingerprint density at radius 2 is 1.47 bits per heavy atom. The van der Waals surface area contributed by atoms with Gasteiger partial charge >= 0.3 is 0 Å². The molecule has 1 heteroatoms. The molecule has 0 amide bonds. The van der Waals surface area contributed by atoms with Crippen LogP contribution >= 0.6 is 0 Å². The molecular weight excluding hydrogens is 206 g/mol. The fourth-order valence-corrected chi connectivity index (χ4v) is 3.15. The molecule has 90 valence electrons. The lowest BCUT2D eigenvalue weighted by molar-refractivity contribution is 0.566. The molecule has 1 saturated carbocycles. The highest BCUT2D eigenvalue weighted by Crippen LogP contribution is 2.65. The van der Waals surface area contributed by atoms with Gasteiger partial charge in [-0.25, -0.2) is 0 Å². The van der Waals surface area contributed by atoms with Crippen molar-refractivity contribution in [3.8, 4) is 6.07 Å². The molecule has 1 nitrogen and oxygen atoms in total. The molecule has 0 aromatic heterocycles. The van der Waals surface area contributed by atoms with Gasteiger partial charge in [-0.3, -0.25) is 0 Å². The van der Waals surface area contributed by atoms with E-state index in [0.717, 1.165) is 6.42 Å². The van der Waals surface area contributed by atoms with Crippen LogP contribution in [0.1, 0.15) is 48.1 Å². The van der Waals surface area contributed by atoms with Crippen LogP contribution in [0.4, 0.5) is 0 Å². The van der Waals surface area contributed by atoms with Crippen molar-refractivity contribution in [1.29, 1.82) is 5.26 Å². The Labute approximate surface area is 104 Å². The summed E-state index contributed by atoms with van der Waals surface area (Å²) in [5.74, 6) is 0. The average Bonchev–Trinajstić information content (AvgIpc) is 2.80. The highest BCUT2D eigenvalue weighted by Gasteiger charge is 2.64. The Kier molecular flexibility index (Phi) is 2.40. The molecule has 1 aromatic carbocycles. The first kappa shape index (κ1) is 12.2. The lowest BCUT2D eigenvalue weighted by atomic mass is 9.80. The summed E-state index contributed by atoms with van der Waals surface area (Å²) >= 11 is 0. The number of hydrogen-bond donors (Lipinski definition) is 0. The summed E-state index contributed by atoms with van der Waals surface area (Å²) in [6.45, 7) is 13.0. The standard InChI is InChI=1S/C16H21N/c1-10-7-11(2)13(4)14(12(10)3)16(9-17)8-15(16,5)6/h7H,8H2,1-6H3. The van der Waals surface area contributed by atoms with E-state index in [1.54, 1.807) is 0 Å². The summed E-state index contributed by atoms with van der Waals surface area (Å²) in [6, 6.07) is 4.83. The molecule has 1 aromatic rings. The largest absolute Gasteiger partial charge is 0.197 e. The van der Waals surface area contributed by atoms with Crippen LogP contribution < -0.4 is 0 Å². The molecule has 1 aliphatic rings. The van der Waals surface area contributed by atoms with Gasteiger partial charge in [-0.15, -0.1) is 0 Å². The van der Waals surface area contributed by atoms with Gasteiger partial charge in [-0.2, -0.15) is 5.26 Å². The minimum absolute atomic E-state index is 0.123. The lowest BCUT2D eigenvalue weighted by Crippen LogP contribution is -2.16. The maximum Gasteiger partial charge on any atom is 0.0884 e. The van der Waals surface area contributed by atoms with E-state index in [1.807, 2.05) is 0 Å². The predicted molar refractivity (Wildman–Crippen MR) is 71.1 cm³/mol. The average molecular weight is 227 g/mol. The van der Waals surface area contributed by atoms with E-state index < -0.39 is 0 Å². The van der Waals surface area contributed by atoms with Gasteiger partial charge in [0.15, 0.2) is 0 Å². The van der Waals surface area contributed by atoms with E-state index in [1.165, 1.54) is 27.8 Å². The van der Waals surface area contributed by atoms with Crippen molar-refractivity contribution >= 4 is 0 Å². The van der Waals surface area contributed by atoms with E-state index in [0.29, 0.717) is 0 Å². The molecule has 0 radical (unpaired) electrons. The Bertz CT molecular complexity index is 505. The molecule has 0 bridgehead atoms. The topological polar surface area (TPSA) is 23.8 Å². The summed E-state index contributed by atoms with van der Waals surface area (Å²) in [5, 5.41) is 9.63. The fourth-order valence-electron chi connectivity index (χ4n) is 3.15. The Morgan fingerprint density at radius 3 is 1.76 bits per heavy atom. The van der Waals surface area contributed by atoms with Crippen molar-refractivity contribution in [3.63, 3.8) is 0 Å². The first-order valence-electron chi connectivity index (χ1n) is 6.26. The summed E-state index contributed by atoms with van der Waals surface area (Å²) in [5.41, 5.74) is 6.39. The minimum atomic E-state index is -0.252. The van der Waals surface area contributed by atoms with Crippen molar-refractivity contribution in [2.75, 3.05) is 0 Å². The minimum Gasteiger partial charge on any atom is -0.197 e. The number of benzene rings is 1. The highest BCUT2D eigenvalue weighted by atomic mass is 14.7. The molecule has 1 aliphatic carbocycles. The zero-order valence-corrected chi connectivity index (χ0v) is 11.7. The zero-order valence-electron chi connectivity index (χ0n) is 11.7. The number of nitriles is 1. The second-order valence-electron chi connectivity index (χ2n) is 6.21. The van der Waals surface area contributed by atoms with E-state index in [-0.39, 0.29) is 10.8 Å². The monoisotopic (exact) mass is 227 g/mol. The van der Waals surface area contributed by atoms with Gasteiger partial charge in [0.05, 0.1) is 11.5 Å². The first-order valence-corrected chi connectivity index (χ1v) is 6.26. The molecule has 2 rings (SSSR count). The third kappa shape index (κ3) is 1.43. The second-order valence-corrected chi connectivity index (χ2v) is 6.21. The third-order valence-corrected chi connectivity index (χ3v) is 4.72. The molecule has 1 unspecified atom stereocenters. The van der Waals surface area contributed by atoms with Gasteiger partial charge in [-0.05, 0) is 67.3 Å².